The Balaban J connectivity index is 2.09. The van der Waals surface area contributed by atoms with Crippen LogP contribution in [0.4, 0.5) is 0 Å². The maximum absolute atomic E-state index is 12.2. The van der Waals surface area contributed by atoms with Crippen molar-refractivity contribution in [2.75, 3.05) is 6.26 Å². The fourth-order valence-electron chi connectivity index (χ4n) is 1.85. The van der Waals surface area contributed by atoms with Gasteiger partial charge in [-0.05, 0) is 24.8 Å². The van der Waals surface area contributed by atoms with Crippen molar-refractivity contribution in [1.29, 1.82) is 0 Å². The summed E-state index contributed by atoms with van der Waals surface area (Å²) in [5.74, 6) is 0.818. The van der Waals surface area contributed by atoms with Gasteiger partial charge in [0.05, 0.1) is 6.42 Å². The van der Waals surface area contributed by atoms with Gasteiger partial charge in [0.15, 0.2) is 5.78 Å². The molecular weight excluding hydrogens is 258 g/mol. The third-order valence-corrected chi connectivity index (χ3v) is 3.61. The van der Waals surface area contributed by atoms with Crippen molar-refractivity contribution in [2.45, 2.75) is 31.2 Å². The Morgan fingerprint density at radius 3 is 2.68 bits per heavy atom. The minimum atomic E-state index is 0.0815. The maximum atomic E-state index is 12.2. The lowest BCUT2D eigenvalue weighted by atomic mass is 10.1. The molecule has 0 saturated carbocycles. The molecule has 100 valence electrons. The van der Waals surface area contributed by atoms with E-state index in [1.807, 2.05) is 30.5 Å². The van der Waals surface area contributed by atoms with Crippen molar-refractivity contribution >= 4 is 17.5 Å². The highest BCUT2D eigenvalue weighted by atomic mass is 32.2. The second kappa shape index (κ2) is 6.52. The number of nitrogens with zero attached hydrogens (tertiary/aromatic N) is 3. The van der Waals surface area contributed by atoms with Gasteiger partial charge in [-0.3, -0.25) is 4.79 Å². The summed E-state index contributed by atoms with van der Waals surface area (Å²) in [5.41, 5.74) is 0.726. The van der Waals surface area contributed by atoms with E-state index in [0.717, 1.165) is 29.2 Å². The van der Waals surface area contributed by atoms with Gasteiger partial charge in [-0.25, -0.2) is 9.67 Å². The maximum Gasteiger partial charge on any atom is 0.170 e. The second-order valence-electron chi connectivity index (χ2n) is 4.23. The molecule has 0 aliphatic carbocycles. The van der Waals surface area contributed by atoms with Gasteiger partial charge in [-0.1, -0.05) is 19.1 Å². The fourth-order valence-corrected chi connectivity index (χ4v) is 2.25. The van der Waals surface area contributed by atoms with E-state index in [4.69, 9.17) is 0 Å². The number of rotatable bonds is 6. The number of hydrogen-bond donors (Lipinski definition) is 0. The topological polar surface area (TPSA) is 47.8 Å². The molecule has 1 aromatic heterocycles. The molecule has 0 saturated heterocycles. The van der Waals surface area contributed by atoms with Crippen LogP contribution in [-0.4, -0.2) is 26.8 Å². The molecule has 1 heterocycles. The molecule has 0 N–H and O–H groups in total. The third kappa shape index (κ3) is 3.44. The Kier molecular flexibility index (Phi) is 4.74. The SMILES string of the molecule is CCCn1ncnc1CC(=O)c1ccc(SC)cc1. The number of hydrogen-bond acceptors (Lipinski definition) is 4. The molecule has 0 atom stereocenters. The van der Waals surface area contributed by atoms with Crippen LogP contribution in [-0.2, 0) is 13.0 Å². The molecule has 0 spiro atoms. The first-order valence-electron chi connectivity index (χ1n) is 6.28. The molecule has 19 heavy (non-hydrogen) atoms. The van der Waals surface area contributed by atoms with Crippen molar-refractivity contribution in [2.24, 2.45) is 0 Å². The Bertz CT molecular complexity index is 548. The van der Waals surface area contributed by atoms with E-state index in [0.29, 0.717) is 6.42 Å². The molecule has 0 unspecified atom stereocenters. The highest BCUT2D eigenvalue weighted by molar-refractivity contribution is 7.98. The predicted molar refractivity (Wildman–Crippen MR) is 76.6 cm³/mol. The smallest absolute Gasteiger partial charge is 0.170 e. The van der Waals surface area contributed by atoms with Gasteiger partial charge < -0.3 is 0 Å². The van der Waals surface area contributed by atoms with E-state index < -0.39 is 0 Å². The Morgan fingerprint density at radius 2 is 2.05 bits per heavy atom. The molecule has 4 nitrogen and oxygen atoms in total. The van der Waals surface area contributed by atoms with Crippen molar-refractivity contribution < 1.29 is 4.79 Å². The normalized spacial score (nSPS) is 10.6. The Labute approximate surface area is 117 Å². The van der Waals surface area contributed by atoms with Crippen LogP contribution < -0.4 is 0 Å². The molecular formula is C14H17N3OS. The average molecular weight is 275 g/mol. The lowest BCUT2D eigenvalue weighted by molar-refractivity contribution is 0.0989. The van der Waals surface area contributed by atoms with E-state index in [-0.39, 0.29) is 5.78 Å². The van der Waals surface area contributed by atoms with E-state index in [1.165, 1.54) is 6.33 Å². The molecule has 0 radical (unpaired) electrons. The van der Waals surface area contributed by atoms with Gasteiger partial charge in [0, 0.05) is 17.0 Å². The van der Waals surface area contributed by atoms with Crippen molar-refractivity contribution in [3.05, 3.63) is 42.0 Å². The predicted octanol–water partition coefficient (Wildman–Crippen LogP) is 2.84. The van der Waals surface area contributed by atoms with Crippen LogP contribution in [0.15, 0.2) is 35.5 Å². The summed E-state index contributed by atoms with van der Waals surface area (Å²) in [6.07, 6.45) is 4.81. The second-order valence-corrected chi connectivity index (χ2v) is 5.11. The number of Topliss-reactive ketones (excluding diaryl/α,β-unsaturated/α-hetero) is 1. The molecule has 1 aromatic carbocycles. The Morgan fingerprint density at radius 1 is 1.32 bits per heavy atom. The van der Waals surface area contributed by atoms with Crippen LogP contribution in [0.3, 0.4) is 0 Å². The third-order valence-electron chi connectivity index (χ3n) is 2.86. The van der Waals surface area contributed by atoms with Crippen molar-refractivity contribution in [3.8, 4) is 0 Å². The van der Waals surface area contributed by atoms with Crippen LogP contribution in [0.1, 0.15) is 29.5 Å². The zero-order chi connectivity index (χ0) is 13.7. The summed E-state index contributed by atoms with van der Waals surface area (Å²) in [4.78, 5) is 17.5. The minimum absolute atomic E-state index is 0.0815. The van der Waals surface area contributed by atoms with Crippen LogP contribution in [0, 0.1) is 0 Å². The fraction of sp³-hybridized carbons (Fsp3) is 0.357. The standard InChI is InChI=1S/C14H17N3OS/c1-3-8-17-14(15-10-16-17)9-13(18)11-4-6-12(19-2)7-5-11/h4-7,10H,3,8-9H2,1-2H3. The first-order chi connectivity index (χ1) is 9.24. The molecule has 0 fully saturated rings. The number of ketones is 1. The largest absolute Gasteiger partial charge is 0.294 e. The molecule has 2 aromatic rings. The van der Waals surface area contributed by atoms with Gasteiger partial charge in [-0.2, -0.15) is 5.10 Å². The van der Waals surface area contributed by atoms with Crippen molar-refractivity contribution in [1.82, 2.24) is 14.8 Å². The summed E-state index contributed by atoms with van der Waals surface area (Å²) in [6, 6.07) is 7.67. The van der Waals surface area contributed by atoms with Crippen molar-refractivity contribution in [3.63, 3.8) is 0 Å². The summed E-state index contributed by atoms with van der Waals surface area (Å²) < 4.78 is 1.80. The van der Waals surface area contributed by atoms with Crippen LogP contribution in [0.2, 0.25) is 0 Å². The van der Waals surface area contributed by atoms with Crippen LogP contribution >= 0.6 is 11.8 Å². The van der Waals surface area contributed by atoms with E-state index in [9.17, 15) is 4.79 Å². The number of benzene rings is 1. The monoisotopic (exact) mass is 275 g/mol. The van der Waals surface area contributed by atoms with E-state index in [2.05, 4.69) is 17.0 Å². The first-order valence-corrected chi connectivity index (χ1v) is 7.51. The highest BCUT2D eigenvalue weighted by Gasteiger charge is 2.11. The number of carbonyl (C=O) groups is 1. The molecule has 0 aliphatic rings. The summed E-state index contributed by atoms with van der Waals surface area (Å²) in [5, 5.41) is 4.13. The molecule has 0 amide bonds. The lowest BCUT2D eigenvalue weighted by Gasteiger charge is -2.04. The van der Waals surface area contributed by atoms with E-state index >= 15 is 0 Å². The Hall–Kier alpha value is -1.62. The highest BCUT2D eigenvalue weighted by Crippen LogP contribution is 2.15. The number of carbonyl (C=O) groups excluding carboxylic acids is 1. The zero-order valence-electron chi connectivity index (χ0n) is 11.2. The minimum Gasteiger partial charge on any atom is -0.294 e. The molecule has 0 bridgehead atoms. The van der Waals surface area contributed by atoms with Gasteiger partial charge in [0.25, 0.3) is 0 Å². The lowest BCUT2D eigenvalue weighted by Crippen LogP contribution is -2.11. The molecule has 5 heteroatoms. The van der Waals surface area contributed by atoms with Gasteiger partial charge >= 0.3 is 0 Å². The van der Waals surface area contributed by atoms with Crippen LogP contribution in [0.5, 0.6) is 0 Å². The number of aryl methyl sites for hydroxylation is 1. The summed E-state index contributed by atoms with van der Waals surface area (Å²) in [7, 11) is 0. The average Bonchev–Trinajstić information content (AvgIpc) is 2.86. The van der Waals surface area contributed by atoms with Gasteiger partial charge in [0.1, 0.15) is 12.2 Å². The van der Waals surface area contributed by atoms with Gasteiger partial charge in [0.2, 0.25) is 0 Å². The molecule has 0 aliphatic heterocycles. The van der Waals surface area contributed by atoms with Gasteiger partial charge in [-0.15, -0.1) is 11.8 Å². The summed E-state index contributed by atoms with van der Waals surface area (Å²) in [6.45, 7) is 2.88. The number of aromatic nitrogens is 3. The summed E-state index contributed by atoms with van der Waals surface area (Å²) >= 11 is 1.67. The first kappa shape index (κ1) is 13.8. The zero-order valence-corrected chi connectivity index (χ0v) is 12.0. The molecule has 2 rings (SSSR count). The van der Waals surface area contributed by atoms with E-state index in [1.54, 1.807) is 16.4 Å². The quantitative estimate of drug-likeness (QED) is 0.601. The van der Waals surface area contributed by atoms with Crippen LogP contribution in [0.25, 0.3) is 0 Å². The number of thioether (sulfide) groups is 1.